The summed E-state index contributed by atoms with van der Waals surface area (Å²) >= 11 is 0. The maximum atomic E-state index is 3.11. The molecule has 1 heteroatoms. The summed E-state index contributed by atoms with van der Waals surface area (Å²) in [7, 11) is 0. The minimum atomic E-state index is 1.07. The molecule has 1 nitrogen and oxygen atoms in total. The Morgan fingerprint density at radius 1 is 0.917 bits per heavy atom. The molecule has 0 aromatic heterocycles. The monoisotopic (exact) mass is 169 g/mol. The molecule has 0 radical (unpaired) electrons. The van der Waals surface area contributed by atoms with Crippen molar-refractivity contribution in [2.75, 3.05) is 13.1 Å². The van der Waals surface area contributed by atoms with E-state index >= 15 is 0 Å². The topological polar surface area (TPSA) is 12.0 Å². The Kier molecular flexibility index (Phi) is 10.4. The second-order valence-corrected chi connectivity index (χ2v) is 3.19. The SMILES string of the molecule is C1=CCNC1.CCCCCCC. The van der Waals surface area contributed by atoms with E-state index in [0.29, 0.717) is 0 Å². The summed E-state index contributed by atoms with van der Waals surface area (Å²) in [6, 6.07) is 0. The molecule has 0 unspecified atom stereocenters. The summed E-state index contributed by atoms with van der Waals surface area (Å²) in [4.78, 5) is 0. The molecule has 12 heavy (non-hydrogen) atoms. The highest BCUT2D eigenvalue weighted by Crippen LogP contribution is 2.00. The normalized spacial score (nSPS) is 14.2. The Hall–Kier alpha value is -0.300. The van der Waals surface area contributed by atoms with Gasteiger partial charge in [0.2, 0.25) is 0 Å². The molecule has 0 spiro atoms. The van der Waals surface area contributed by atoms with Crippen LogP contribution in [0, 0.1) is 0 Å². The smallest absolute Gasteiger partial charge is 0.0138 e. The highest BCUT2D eigenvalue weighted by molar-refractivity contribution is 4.92. The average molecular weight is 169 g/mol. The van der Waals surface area contributed by atoms with E-state index in [2.05, 4.69) is 31.3 Å². The van der Waals surface area contributed by atoms with Gasteiger partial charge in [-0.1, -0.05) is 58.1 Å². The minimum Gasteiger partial charge on any atom is -0.310 e. The predicted octanol–water partition coefficient (Wildman–Crippen LogP) is 3.12. The van der Waals surface area contributed by atoms with Gasteiger partial charge in [-0.25, -0.2) is 0 Å². The molecule has 0 bridgehead atoms. The van der Waals surface area contributed by atoms with Gasteiger partial charge in [-0.15, -0.1) is 0 Å². The van der Waals surface area contributed by atoms with Crippen LogP contribution in [-0.2, 0) is 0 Å². The van der Waals surface area contributed by atoms with Gasteiger partial charge < -0.3 is 5.32 Å². The van der Waals surface area contributed by atoms with Crippen LogP contribution in [0.4, 0.5) is 0 Å². The fraction of sp³-hybridized carbons (Fsp3) is 0.818. The molecule has 1 aliphatic heterocycles. The van der Waals surface area contributed by atoms with Gasteiger partial charge >= 0.3 is 0 Å². The van der Waals surface area contributed by atoms with Gasteiger partial charge in [0.25, 0.3) is 0 Å². The first-order valence-electron chi connectivity index (χ1n) is 5.27. The van der Waals surface area contributed by atoms with Crippen LogP contribution < -0.4 is 5.32 Å². The second kappa shape index (κ2) is 10.7. The highest BCUT2D eigenvalue weighted by atomic mass is 14.9. The summed E-state index contributed by atoms with van der Waals surface area (Å²) in [5.74, 6) is 0. The van der Waals surface area contributed by atoms with E-state index in [4.69, 9.17) is 0 Å². The molecule has 1 N–H and O–H groups in total. The maximum absolute atomic E-state index is 3.11. The first-order valence-corrected chi connectivity index (χ1v) is 5.27. The summed E-state index contributed by atoms with van der Waals surface area (Å²) in [5, 5.41) is 3.11. The standard InChI is InChI=1S/C7H16.C4H7N/c1-3-5-7-6-4-2;1-2-4-5-3-1/h3-7H2,1-2H3;1-2,5H,3-4H2. The molecule has 0 saturated carbocycles. The number of rotatable bonds is 4. The molecule has 0 amide bonds. The number of unbranched alkanes of at least 4 members (excludes halogenated alkanes) is 4. The lowest BCUT2D eigenvalue weighted by molar-refractivity contribution is 0.656. The molecular weight excluding hydrogens is 146 g/mol. The van der Waals surface area contributed by atoms with E-state index in [0.717, 1.165) is 13.1 Å². The van der Waals surface area contributed by atoms with Crippen LogP contribution >= 0.6 is 0 Å². The van der Waals surface area contributed by atoms with E-state index < -0.39 is 0 Å². The Balaban J connectivity index is 0.000000211. The minimum absolute atomic E-state index is 1.07. The average Bonchev–Trinajstić information content (AvgIpc) is 2.62. The zero-order chi connectivity index (χ0) is 9.07. The van der Waals surface area contributed by atoms with Crippen LogP contribution in [0.1, 0.15) is 46.0 Å². The van der Waals surface area contributed by atoms with E-state index in [1.807, 2.05) is 0 Å². The van der Waals surface area contributed by atoms with Crippen molar-refractivity contribution >= 4 is 0 Å². The van der Waals surface area contributed by atoms with Crippen molar-refractivity contribution < 1.29 is 0 Å². The van der Waals surface area contributed by atoms with Gasteiger partial charge in [-0.05, 0) is 0 Å². The van der Waals surface area contributed by atoms with E-state index in [1.165, 1.54) is 32.1 Å². The van der Waals surface area contributed by atoms with Gasteiger partial charge in [0, 0.05) is 13.1 Å². The van der Waals surface area contributed by atoms with E-state index in [-0.39, 0.29) is 0 Å². The molecule has 1 heterocycles. The number of hydrogen-bond acceptors (Lipinski definition) is 1. The molecule has 0 atom stereocenters. The van der Waals surface area contributed by atoms with Crippen LogP contribution in [0.15, 0.2) is 12.2 Å². The Morgan fingerprint density at radius 3 is 1.67 bits per heavy atom. The van der Waals surface area contributed by atoms with Crippen molar-refractivity contribution in [3.63, 3.8) is 0 Å². The number of nitrogens with one attached hydrogen (secondary N) is 1. The molecular formula is C11H23N. The van der Waals surface area contributed by atoms with Crippen molar-refractivity contribution in [1.29, 1.82) is 0 Å². The molecule has 1 aliphatic rings. The third kappa shape index (κ3) is 9.70. The second-order valence-electron chi connectivity index (χ2n) is 3.19. The van der Waals surface area contributed by atoms with Gasteiger partial charge in [0.05, 0.1) is 0 Å². The molecule has 0 aromatic carbocycles. The molecule has 1 rings (SSSR count). The first kappa shape index (κ1) is 11.7. The summed E-state index contributed by atoms with van der Waals surface area (Å²) in [6.07, 6.45) is 11.3. The molecule has 0 aliphatic carbocycles. The van der Waals surface area contributed by atoms with Crippen LogP contribution in [-0.4, -0.2) is 13.1 Å². The van der Waals surface area contributed by atoms with Gasteiger partial charge in [0.1, 0.15) is 0 Å². The highest BCUT2D eigenvalue weighted by Gasteiger charge is 1.81. The lowest BCUT2D eigenvalue weighted by atomic mass is 10.2. The largest absolute Gasteiger partial charge is 0.310 e. The molecule has 72 valence electrons. The summed E-state index contributed by atoms with van der Waals surface area (Å²) < 4.78 is 0. The van der Waals surface area contributed by atoms with Crippen molar-refractivity contribution in [2.24, 2.45) is 0 Å². The Morgan fingerprint density at radius 2 is 1.42 bits per heavy atom. The fourth-order valence-corrected chi connectivity index (χ4v) is 1.09. The van der Waals surface area contributed by atoms with Crippen molar-refractivity contribution in [2.45, 2.75) is 46.0 Å². The quantitative estimate of drug-likeness (QED) is 0.503. The Labute approximate surface area is 77.2 Å². The maximum Gasteiger partial charge on any atom is 0.0138 e. The van der Waals surface area contributed by atoms with Crippen LogP contribution in [0.5, 0.6) is 0 Å². The summed E-state index contributed by atoms with van der Waals surface area (Å²) in [5.41, 5.74) is 0. The lowest BCUT2D eigenvalue weighted by Gasteiger charge is -1.90. The zero-order valence-electron chi connectivity index (χ0n) is 8.60. The van der Waals surface area contributed by atoms with Crippen LogP contribution in [0.2, 0.25) is 0 Å². The van der Waals surface area contributed by atoms with Gasteiger partial charge in [-0.3, -0.25) is 0 Å². The molecule has 0 fully saturated rings. The third-order valence-electron chi connectivity index (χ3n) is 1.90. The molecule has 0 saturated heterocycles. The van der Waals surface area contributed by atoms with Gasteiger partial charge in [0.15, 0.2) is 0 Å². The molecule has 0 aromatic rings. The Bertz CT molecular complexity index is 87.2. The van der Waals surface area contributed by atoms with Gasteiger partial charge in [-0.2, -0.15) is 0 Å². The zero-order valence-corrected chi connectivity index (χ0v) is 8.60. The van der Waals surface area contributed by atoms with E-state index in [9.17, 15) is 0 Å². The van der Waals surface area contributed by atoms with E-state index in [1.54, 1.807) is 0 Å². The number of hydrogen-bond donors (Lipinski definition) is 1. The van der Waals surface area contributed by atoms with Crippen LogP contribution in [0.25, 0.3) is 0 Å². The predicted molar refractivity (Wildman–Crippen MR) is 56.4 cm³/mol. The lowest BCUT2D eigenvalue weighted by Crippen LogP contribution is -2.04. The fourth-order valence-electron chi connectivity index (χ4n) is 1.09. The van der Waals surface area contributed by atoms with Crippen molar-refractivity contribution in [3.05, 3.63) is 12.2 Å². The van der Waals surface area contributed by atoms with Crippen molar-refractivity contribution in [3.8, 4) is 0 Å². The van der Waals surface area contributed by atoms with Crippen LogP contribution in [0.3, 0.4) is 0 Å². The van der Waals surface area contributed by atoms with Crippen molar-refractivity contribution in [1.82, 2.24) is 5.32 Å². The third-order valence-corrected chi connectivity index (χ3v) is 1.90. The first-order chi connectivity index (χ1) is 5.91. The summed E-state index contributed by atoms with van der Waals surface area (Å²) in [6.45, 7) is 6.63.